The van der Waals surface area contributed by atoms with Gasteiger partial charge in [-0.05, 0) is 6.07 Å². The number of benzene rings is 1. The SMILES string of the molecule is Cn1cc(NCc2cccc(F)c2O)cn1. The van der Waals surface area contributed by atoms with E-state index < -0.39 is 5.82 Å². The molecular weight excluding hydrogens is 209 g/mol. The fraction of sp³-hybridized carbons (Fsp3) is 0.182. The molecule has 0 saturated heterocycles. The molecule has 4 nitrogen and oxygen atoms in total. The van der Waals surface area contributed by atoms with E-state index in [1.807, 2.05) is 7.05 Å². The van der Waals surface area contributed by atoms with Gasteiger partial charge in [0.2, 0.25) is 0 Å². The summed E-state index contributed by atoms with van der Waals surface area (Å²) >= 11 is 0. The van der Waals surface area contributed by atoms with Crippen LogP contribution in [0.15, 0.2) is 30.6 Å². The third kappa shape index (κ3) is 2.13. The second-order valence-electron chi connectivity index (χ2n) is 3.50. The predicted molar refractivity (Wildman–Crippen MR) is 58.6 cm³/mol. The zero-order valence-electron chi connectivity index (χ0n) is 8.81. The van der Waals surface area contributed by atoms with Gasteiger partial charge in [0.1, 0.15) is 0 Å². The summed E-state index contributed by atoms with van der Waals surface area (Å²) in [4.78, 5) is 0. The number of nitrogens with one attached hydrogen (secondary N) is 1. The van der Waals surface area contributed by atoms with Gasteiger partial charge < -0.3 is 10.4 Å². The van der Waals surface area contributed by atoms with E-state index in [2.05, 4.69) is 10.4 Å². The van der Waals surface area contributed by atoms with E-state index in [1.165, 1.54) is 6.07 Å². The largest absolute Gasteiger partial charge is 0.505 e. The van der Waals surface area contributed by atoms with E-state index in [9.17, 15) is 9.50 Å². The number of hydrogen-bond acceptors (Lipinski definition) is 3. The molecule has 2 rings (SSSR count). The lowest BCUT2D eigenvalue weighted by Crippen LogP contribution is -1.99. The summed E-state index contributed by atoms with van der Waals surface area (Å²) in [7, 11) is 1.81. The number of anilines is 1. The van der Waals surface area contributed by atoms with Gasteiger partial charge in [-0.2, -0.15) is 5.10 Å². The van der Waals surface area contributed by atoms with E-state index in [-0.39, 0.29) is 5.75 Å². The molecule has 0 radical (unpaired) electrons. The molecule has 0 aliphatic rings. The lowest BCUT2D eigenvalue weighted by Gasteiger charge is -2.06. The highest BCUT2D eigenvalue weighted by molar-refractivity contribution is 5.42. The Bertz CT molecular complexity index is 496. The number of para-hydroxylation sites is 1. The minimum atomic E-state index is -0.606. The van der Waals surface area contributed by atoms with Crippen molar-refractivity contribution >= 4 is 5.69 Å². The molecule has 0 amide bonds. The van der Waals surface area contributed by atoms with Crippen molar-refractivity contribution in [2.75, 3.05) is 5.32 Å². The van der Waals surface area contributed by atoms with Gasteiger partial charge in [0.05, 0.1) is 11.9 Å². The first-order valence-electron chi connectivity index (χ1n) is 4.85. The van der Waals surface area contributed by atoms with Crippen molar-refractivity contribution < 1.29 is 9.50 Å². The summed E-state index contributed by atoms with van der Waals surface area (Å²) in [6, 6.07) is 4.46. The highest BCUT2D eigenvalue weighted by Crippen LogP contribution is 2.21. The third-order valence-electron chi connectivity index (χ3n) is 2.26. The minimum Gasteiger partial charge on any atom is -0.505 e. The molecule has 1 heterocycles. The molecule has 84 valence electrons. The van der Waals surface area contributed by atoms with Crippen molar-refractivity contribution in [2.45, 2.75) is 6.54 Å². The molecule has 0 atom stereocenters. The van der Waals surface area contributed by atoms with E-state index >= 15 is 0 Å². The van der Waals surface area contributed by atoms with Gasteiger partial charge >= 0.3 is 0 Å². The van der Waals surface area contributed by atoms with Gasteiger partial charge in [-0.1, -0.05) is 12.1 Å². The smallest absolute Gasteiger partial charge is 0.165 e. The Kier molecular flexibility index (Phi) is 2.76. The van der Waals surface area contributed by atoms with Gasteiger partial charge in [0.25, 0.3) is 0 Å². The van der Waals surface area contributed by atoms with Crippen molar-refractivity contribution in [3.8, 4) is 5.75 Å². The van der Waals surface area contributed by atoms with Crippen LogP contribution in [0, 0.1) is 5.82 Å². The number of rotatable bonds is 3. The summed E-state index contributed by atoms with van der Waals surface area (Å²) in [5.74, 6) is -0.913. The van der Waals surface area contributed by atoms with Crippen LogP contribution in [0.3, 0.4) is 0 Å². The van der Waals surface area contributed by atoms with Crippen LogP contribution in [0.5, 0.6) is 5.75 Å². The number of halogens is 1. The van der Waals surface area contributed by atoms with Crippen LogP contribution in [0.4, 0.5) is 10.1 Å². The van der Waals surface area contributed by atoms with E-state index in [0.717, 1.165) is 5.69 Å². The van der Waals surface area contributed by atoms with Gasteiger partial charge in [-0.3, -0.25) is 4.68 Å². The average Bonchev–Trinajstić information content (AvgIpc) is 2.67. The van der Waals surface area contributed by atoms with Gasteiger partial charge in [-0.25, -0.2) is 4.39 Å². The monoisotopic (exact) mass is 221 g/mol. The van der Waals surface area contributed by atoms with Gasteiger partial charge in [0, 0.05) is 25.4 Å². The van der Waals surface area contributed by atoms with E-state index in [0.29, 0.717) is 12.1 Å². The van der Waals surface area contributed by atoms with Crippen molar-refractivity contribution in [3.05, 3.63) is 42.0 Å². The number of aryl methyl sites for hydroxylation is 1. The second kappa shape index (κ2) is 4.22. The maximum absolute atomic E-state index is 13.0. The van der Waals surface area contributed by atoms with Crippen LogP contribution >= 0.6 is 0 Å². The quantitative estimate of drug-likeness (QED) is 0.832. The van der Waals surface area contributed by atoms with Crippen LogP contribution < -0.4 is 5.32 Å². The molecule has 2 N–H and O–H groups in total. The maximum Gasteiger partial charge on any atom is 0.165 e. The Morgan fingerprint density at radius 3 is 3.00 bits per heavy atom. The Morgan fingerprint density at radius 2 is 2.31 bits per heavy atom. The number of phenols is 1. The molecular formula is C11H12FN3O. The van der Waals surface area contributed by atoms with Crippen molar-refractivity contribution in [1.82, 2.24) is 9.78 Å². The molecule has 0 aliphatic carbocycles. The Labute approximate surface area is 92.3 Å². The van der Waals surface area contributed by atoms with Crippen LogP contribution in [0.2, 0.25) is 0 Å². The fourth-order valence-electron chi connectivity index (χ4n) is 1.41. The molecule has 1 aromatic carbocycles. The number of aromatic nitrogens is 2. The summed E-state index contributed by atoms with van der Waals surface area (Å²) in [6.45, 7) is 0.356. The number of phenolic OH excluding ortho intramolecular Hbond substituents is 1. The first-order valence-corrected chi connectivity index (χ1v) is 4.85. The molecule has 0 saturated carbocycles. The predicted octanol–water partition coefficient (Wildman–Crippen LogP) is 1.88. The molecule has 5 heteroatoms. The highest BCUT2D eigenvalue weighted by Gasteiger charge is 2.06. The number of aromatic hydroxyl groups is 1. The topological polar surface area (TPSA) is 50.1 Å². The molecule has 0 bridgehead atoms. The van der Waals surface area contributed by atoms with Crippen molar-refractivity contribution in [1.29, 1.82) is 0 Å². The maximum atomic E-state index is 13.0. The Balaban J connectivity index is 2.07. The minimum absolute atomic E-state index is 0.307. The lowest BCUT2D eigenvalue weighted by atomic mass is 10.2. The summed E-state index contributed by atoms with van der Waals surface area (Å²) in [5.41, 5.74) is 1.34. The number of hydrogen-bond donors (Lipinski definition) is 2. The van der Waals surface area contributed by atoms with Crippen LogP contribution in [-0.2, 0) is 13.6 Å². The number of nitrogens with zero attached hydrogens (tertiary/aromatic N) is 2. The van der Waals surface area contributed by atoms with Gasteiger partial charge in [0.15, 0.2) is 11.6 Å². The lowest BCUT2D eigenvalue weighted by molar-refractivity contribution is 0.427. The third-order valence-corrected chi connectivity index (χ3v) is 2.26. The first-order chi connectivity index (χ1) is 7.66. The molecule has 2 aromatic rings. The first kappa shape index (κ1) is 10.5. The molecule has 16 heavy (non-hydrogen) atoms. The molecule has 0 aliphatic heterocycles. The Morgan fingerprint density at radius 1 is 1.50 bits per heavy atom. The fourth-order valence-corrected chi connectivity index (χ4v) is 1.41. The normalized spacial score (nSPS) is 10.4. The average molecular weight is 221 g/mol. The van der Waals surface area contributed by atoms with Crippen LogP contribution in [0.1, 0.15) is 5.56 Å². The molecule has 0 spiro atoms. The zero-order valence-corrected chi connectivity index (χ0v) is 8.81. The Hall–Kier alpha value is -2.04. The van der Waals surface area contributed by atoms with Gasteiger partial charge in [-0.15, -0.1) is 0 Å². The van der Waals surface area contributed by atoms with Crippen molar-refractivity contribution in [3.63, 3.8) is 0 Å². The molecule has 0 fully saturated rings. The van der Waals surface area contributed by atoms with Crippen molar-refractivity contribution in [2.24, 2.45) is 7.05 Å². The highest BCUT2D eigenvalue weighted by atomic mass is 19.1. The zero-order chi connectivity index (χ0) is 11.5. The summed E-state index contributed by atoms with van der Waals surface area (Å²) < 4.78 is 14.7. The van der Waals surface area contributed by atoms with E-state index in [1.54, 1.807) is 29.2 Å². The molecule has 0 unspecified atom stereocenters. The molecule has 1 aromatic heterocycles. The van der Waals surface area contributed by atoms with E-state index in [4.69, 9.17) is 0 Å². The summed E-state index contributed by atoms with van der Waals surface area (Å²) in [6.07, 6.45) is 3.46. The second-order valence-corrected chi connectivity index (χ2v) is 3.50. The van der Waals surface area contributed by atoms with Crippen LogP contribution in [-0.4, -0.2) is 14.9 Å². The van der Waals surface area contributed by atoms with Crippen LogP contribution in [0.25, 0.3) is 0 Å². The standard InChI is InChI=1S/C11H12FN3O/c1-15-7-9(6-14-15)13-5-8-3-2-4-10(12)11(8)16/h2-4,6-7,13,16H,5H2,1H3. The summed E-state index contributed by atoms with van der Waals surface area (Å²) in [5, 5.41) is 16.5.